The zero-order chi connectivity index (χ0) is 37.8. The summed E-state index contributed by atoms with van der Waals surface area (Å²) in [5.74, 6) is 1.04. The van der Waals surface area contributed by atoms with Gasteiger partial charge < -0.3 is 33.3 Å². The Balaban J connectivity index is 1.18. The zero-order valence-electron chi connectivity index (χ0n) is 30.7. The van der Waals surface area contributed by atoms with Crippen LogP contribution in [0.2, 0.25) is 0 Å². The van der Waals surface area contributed by atoms with Gasteiger partial charge >= 0.3 is 6.18 Å². The molecule has 0 N–H and O–H groups in total. The first kappa shape index (κ1) is 38.1. The third kappa shape index (κ3) is 8.01. The van der Waals surface area contributed by atoms with Gasteiger partial charge in [-0.1, -0.05) is 30.3 Å². The van der Waals surface area contributed by atoms with E-state index in [2.05, 4.69) is 4.90 Å². The molecule has 2 fully saturated rings. The number of amides is 1. The van der Waals surface area contributed by atoms with Gasteiger partial charge in [0.05, 0.1) is 44.5 Å². The Bertz CT molecular complexity index is 1900. The van der Waals surface area contributed by atoms with Crippen LogP contribution in [0, 0.1) is 5.92 Å². The largest absolute Gasteiger partial charge is 0.493 e. The minimum Gasteiger partial charge on any atom is -0.493 e. The fourth-order valence-electron chi connectivity index (χ4n) is 7.81. The summed E-state index contributed by atoms with van der Waals surface area (Å²) < 4.78 is 65.7. The van der Waals surface area contributed by atoms with Crippen molar-refractivity contribution in [2.45, 2.75) is 50.7 Å². The predicted octanol–water partition coefficient (Wildman–Crippen LogP) is 6.89. The fraction of sp³-hybridized carbons (Fsp3) is 0.475. The number of likely N-dealkylation sites (tertiary alicyclic amines) is 2. The van der Waals surface area contributed by atoms with Crippen molar-refractivity contribution < 1.29 is 41.7 Å². The number of imidazole rings is 1. The molecule has 13 heteroatoms. The Kier molecular flexibility index (Phi) is 11.6. The normalized spacial score (nSPS) is 18.4. The molecule has 0 aliphatic carbocycles. The summed E-state index contributed by atoms with van der Waals surface area (Å²) in [7, 11) is 4.42. The number of rotatable bonds is 14. The first-order valence-corrected chi connectivity index (χ1v) is 18.1. The number of carbonyl (C=O) groups is 2. The summed E-state index contributed by atoms with van der Waals surface area (Å²) in [5, 5.41) is 0. The van der Waals surface area contributed by atoms with E-state index in [0.717, 1.165) is 17.1 Å². The second-order valence-electron chi connectivity index (χ2n) is 13.8. The van der Waals surface area contributed by atoms with E-state index in [1.807, 2.05) is 35.8 Å². The van der Waals surface area contributed by atoms with E-state index in [1.54, 1.807) is 23.1 Å². The van der Waals surface area contributed by atoms with Crippen LogP contribution in [0.1, 0.15) is 64.7 Å². The topological polar surface area (TPSA) is 95.4 Å². The third-order valence-electron chi connectivity index (χ3n) is 10.8. The number of piperidine rings is 1. The number of methoxy groups -OCH3 is 3. The van der Waals surface area contributed by atoms with Crippen molar-refractivity contribution in [3.05, 3.63) is 83.2 Å². The van der Waals surface area contributed by atoms with Crippen molar-refractivity contribution >= 4 is 22.7 Å². The monoisotopic (exact) mass is 736 g/mol. The highest BCUT2D eigenvalue weighted by atomic mass is 19.4. The molecule has 3 heterocycles. The quantitative estimate of drug-likeness (QED) is 0.102. The minimum absolute atomic E-state index is 0.0227. The van der Waals surface area contributed by atoms with Crippen LogP contribution in [0.25, 0.3) is 11.0 Å². The predicted molar refractivity (Wildman–Crippen MR) is 194 cm³/mol. The molecule has 1 amide bonds. The van der Waals surface area contributed by atoms with Gasteiger partial charge in [0.2, 0.25) is 11.5 Å². The van der Waals surface area contributed by atoms with E-state index in [0.29, 0.717) is 106 Å². The number of aromatic nitrogens is 2. The molecule has 1 aromatic heterocycles. The van der Waals surface area contributed by atoms with Crippen molar-refractivity contribution in [3.8, 4) is 17.2 Å². The van der Waals surface area contributed by atoms with Crippen molar-refractivity contribution in [2.75, 3.05) is 67.3 Å². The second-order valence-corrected chi connectivity index (χ2v) is 13.8. The van der Waals surface area contributed by atoms with Crippen LogP contribution < -0.4 is 14.2 Å². The van der Waals surface area contributed by atoms with Gasteiger partial charge in [0.15, 0.2) is 17.3 Å². The highest BCUT2D eigenvalue weighted by Crippen LogP contribution is 2.43. The lowest BCUT2D eigenvalue weighted by atomic mass is 9.76. The minimum atomic E-state index is -4.50. The molecule has 0 spiro atoms. The first-order valence-electron chi connectivity index (χ1n) is 18.1. The molecule has 0 radical (unpaired) electrons. The van der Waals surface area contributed by atoms with E-state index in [4.69, 9.17) is 23.9 Å². The van der Waals surface area contributed by atoms with Crippen molar-refractivity contribution in [1.82, 2.24) is 19.4 Å². The number of hydrogen-bond acceptors (Lipinski definition) is 8. The van der Waals surface area contributed by atoms with E-state index >= 15 is 0 Å². The molecule has 10 nitrogen and oxygen atoms in total. The van der Waals surface area contributed by atoms with Crippen LogP contribution in [0.5, 0.6) is 17.2 Å². The number of ketones is 1. The summed E-state index contributed by atoms with van der Waals surface area (Å²) in [6, 6.07) is 16.4. The molecule has 4 aromatic rings. The van der Waals surface area contributed by atoms with Gasteiger partial charge in [-0.05, 0) is 88.1 Å². The summed E-state index contributed by atoms with van der Waals surface area (Å²) in [6.45, 7) is 6.10. The highest BCUT2D eigenvalue weighted by molar-refractivity contribution is 5.98. The van der Waals surface area contributed by atoms with Gasteiger partial charge in [0.25, 0.3) is 5.91 Å². The van der Waals surface area contributed by atoms with Crippen LogP contribution >= 0.6 is 0 Å². The second kappa shape index (κ2) is 16.2. The van der Waals surface area contributed by atoms with Crippen molar-refractivity contribution in [3.63, 3.8) is 0 Å². The standard InChI is InChI=1S/C40H47F3N4O6/c1-5-53-22-21-47-32-12-7-6-11-31(32)44-37(47)35(48)27-13-17-45(18-14-27)19-15-39(29-9-8-10-30(25-29)40(41,42)43)16-20-46(26-39)38(49)28-23-33(50-2)36(52-4)34(24-28)51-3/h6-12,23-25,27H,5,13-22,26H2,1-4H3. The number of halogens is 3. The molecule has 2 aliphatic rings. The first-order chi connectivity index (χ1) is 25.5. The summed E-state index contributed by atoms with van der Waals surface area (Å²) in [6.07, 6.45) is -2.16. The van der Waals surface area contributed by atoms with Crippen LogP contribution in [-0.2, 0) is 22.9 Å². The number of nitrogens with zero attached hydrogens (tertiary/aromatic N) is 4. The summed E-state index contributed by atoms with van der Waals surface area (Å²) in [5.41, 5.74) is 1.15. The molecule has 284 valence electrons. The number of alkyl halides is 3. The van der Waals surface area contributed by atoms with Crippen LogP contribution in [0.15, 0.2) is 60.7 Å². The summed E-state index contributed by atoms with van der Waals surface area (Å²) in [4.78, 5) is 36.5. The Morgan fingerprint density at radius 3 is 2.28 bits per heavy atom. The molecular weight excluding hydrogens is 689 g/mol. The Hall–Kier alpha value is -4.62. The van der Waals surface area contributed by atoms with Gasteiger partial charge in [-0.2, -0.15) is 13.2 Å². The molecule has 53 heavy (non-hydrogen) atoms. The molecule has 6 rings (SSSR count). The number of Topliss-reactive ketones (excluding diaryl/α,β-unsaturated/α-hetero) is 1. The van der Waals surface area contributed by atoms with Crippen LogP contribution in [-0.4, -0.2) is 98.3 Å². The average molecular weight is 737 g/mol. The van der Waals surface area contributed by atoms with Crippen molar-refractivity contribution in [2.24, 2.45) is 5.92 Å². The van der Waals surface area contributed by atoms with Gasteiger partial charge in [-0.25, -0.2) is 4.98 Å². The smallest absolute Gasteiger partial charge is 0.416 e. The molecule has 3 aromatic carbocycles. The number of carbonyl (C=O) groups excluding carboxylic acids is 2. The molecule has 2 aliphatic heterocycles. The third-order valence-corrected chi connectivity index (χ3v) is 10.8. The van der Waals surface area contributed by atoms with E-state index in [-0.39, 0.29) is 24.2 Å². The van der Waals surface area contributed by atoms with E-state index in [1.165, 1.54) is 33.5 Å². The van der Waals surface area contributed by atoms with Gasteiger partial charge in [0, 0.05) is 43.1 Å². The lowest BCUT2D eigenvalue weighted by Gasteiger charge is -2.36. The van der Waals surface area contributed by atoms with E-state index < -0.39 is 17.2 Å². The lowest BCUT2D eigenvalue weighted by Crippen LogP contribution is -2.41. The Labute approximate surface area is 307 Å². The molecule has 1 unspecified atom stereocenters. The molecular formula is C40H47F3N4O6. The van der Waals surface area contributed by atoms with E-state index in [9.17, 15) is 22.8 Å². The maximum atomic E-state index is 13.9. The van der Waals surface area contributed by atoms with Crippen molar-refractivity contribution in [1.29, 1.82) is 0 Å². The SMILES string of the molecule is CCOCCn1c(C(=O)C2CCN(CCC3(c4cccc(C(F)(F)F)c4)CCN(C(=O)c4cc(OC)c(OC)c(OC)c4)C3)CC2)nc2ccccc21. The van der Waals surface area contributed by atoms with Crippen LogP contribution in [0.3, 0.4) is 0 Å². The number of para-hydroxylation sites is 2. The van der Waals surface area contributed by atoms with Crippen LogP contribution in [0.4, 0.5) is 13.2 Å². The molecule has 0 saturated carbocycles. The summed E-state index contributed by atoms with van der Waals surface area (Å²) >= 11 is 0. The lowest BCUT2D eigenvalue weighted by molar-refractivity contribution is -0.137. The number of hydrogen-bond donors (Lipinski definition) is 0. The highest BCUT2D eigenvalue weighted by Gasteiger charge is 2.43. The maximum Gasteiger partial charge on any atom is 0.416 e. The average Bonchev–Trinajstić information content (AvgIpc) is 3.79. The molecule has 0 bridgehead atoms. The maximum absolute atomic E-state index is 13.9. The Morgan fingerprint density at radius 2 is 1.62 bits per heavy atom. The molecule has 2 saturated heterocycles. The number of ether oxygens (including phenoxy) is 4. The fourth-order valence-corrected chi connectivity index (χ4v) is 7.81. The van der Waals surface area contributed by atoms with Gasteiger partial charge in [0.1, 0.15) is 0 Å². The Morgan fingerprint density at radius 1 is 0.906 bits per heavy atom. The molecule has 1 atom stereocenters. The van der Waals surface area contributed by atoms with Gasteiger partial charge in [-0.15, -0.1) is 0 Å². The zero-order valence-corrected chi connectivity index (χ0v) is 30.7. The number of fused-ring (bicyclic) bond motifs is 1. The van der Waals surface area contributed by atoms with Gasteiger partial charge in [-0.3, -0.25) is 9.59 Å². The number of benzene rings is 3.